The second kappa shape index (κ2) is 10.3. The molecule has 1 fully saturated rings. The second-order valence-corrected chi connectivity index (χ2v) is 9.31. The Labute approximate surface area is 197 Å². The molecule has 2 aromatic carbocycles. The third kappa shape index (κ3) is 4.86. The van der Waals surface area contributed by atoms with Crippen molar-refractivity contribution in [3.05, 3.63) is 65.2 Å². The fraction of sp³-hybridized carbons (Fsp3) is 0.500. The zero-order valence-corrected chi connectivity index (χ0v) is 19.5. The molecule has 2 aromatic rings. The number of likely N-dealkylation sites (tertiary alicyclic amines) is 1. The number of aliphatic hydroxyl groups is 1. The number of para-hydroxylation sites is 1. The lowest BCUT2D eigenvalue weighted by molar-refractivity contribution is -0.119. The van der Waals surface area contributed by atoms with Crippen molar-refractivity contribution in [3.8, 4) is 0 Å². The average molecular weight is 456 g/mol. The first-order chi connectivity index (χ1) is 15.2. The van der Waals surface area contributed by atoms with E-state index in [1.165, 1.54) is 11.1 Å². The van der Waals surface area contributed by atoms with Crippen LogP contribution in [0.1, 0.15) is 48.6 Å². The van der Waals surface area contributed by atoms with Crippen molar-refractivity contribution >= 4 is 24.0 Å². The molecule has 1 saturated heterocycles. The Kier molecular flexibility index (Phi) is 7.51. The summed E-state index contributed by atoms with van der Waals surface area (Å²) in [5, 5.41) is 10.6. The minimum Gasteiger partial charge on any atom is -0.374 e. The molecule has 0 aliphatic carbocycles. The van der Waals surface area contributed by atoms with E-state index in [1.807, 2.05) is 23.1 Å². The molecule has 0 saturated carbocycles. The third-order valence-electron chi connectivity index (χ3n) is 7.31. The number of hydrogen-bond donors (Lipinski definition) is 1. The number of aliphatic hydroxyl groups excluding tert-OH is 1. The van der Waals surface area contributed by atoms with E-state index < -0.39 is 6.23 Å². The molecule has 1 atom stereocenters. The van der Waals surface area contributed by atoms with E-state index in [9.17, 15) is 9.90 Å². The Hall–Kier alpha value is -1.92. The lowest BCUT2D eigenvalue weighted by Crippen LogP contribution is -2.41. The average Bonchev–Trinajstić information content (AvgIpc) is 3.13. The first kappa shape index (κ1) is 23.2. The van der Waals surface area contributed by atoms with Crippen LogP contribution in [0.5, 0.6) is 0 Å². The van der Waals surface area contributed by atoms with Crippen molar-refractivity contribution in [2.75, 3.05) is 37.6 Å². The molecule has 0 bridgehead atoms. The number of nitrogens with zero attached hydrogens (tertiary/aromatic N) is 3. The molecular formula is C26H34ClN3O2. The van der Waals surface area contributed by atoms with Gasteiger partial charge in [0.1, 0.15) is 6.23 Å². The van der Waals surface area contributed by atoms with Crippen LogP contribution < -0.4 is 4.90 Å². The van der Waals surface area contributed by atoms with Gasteiger partial charge in [-0.2, -0.15) is 0 Å². The molecule has 6 heteroatoms. The van der Waals surface area contributed by atoms with E-state index in [2.05, 4.69) is 40.1 Å². The number of aryl methyl sites for hydroxylation is 1. The summed E-state index contributed by atoms with van der Waals surface area (Å²) in [5.41, 5.74) is 4.74. The fourth-order valence-electron chi connectivity index (χ4n) is 5.50. The molecular weight excluding hydrogens is 422 g/mol. The van der Waals surface area contributed by atoms with Crippen LogP contribution in [-0.4, -0.2) is 53.5 Å². The molecule has 1 N–H and O–H groups in total. The van der Waals surface area contributed by atoms with E-state index in [0.717, 1.165) is 76.2 Å². The van der Waals surface area contributed by atoms with Crippen molar-refractivity contribution in [2.24, 2.45) is 5.92 Å². The van der Waals surface area contributed by atoms with E-state index >= 15 is 0 Å². The van der Waals surface area contributed by atoms with Gasteiger partial charge in [-0.15, -0.1) is 12.4 Å². The lowest BCUT2D eigenvalue weighted by Gasteiger charge is -2.35. The van der Waals surface area contributed by atoms with Crippen molar-refractivity contribution < 1.29 is 9.90 Å². The van der Waals surface area contributed by atoms with Gasteiger partial charge in [0.25, 0.3) is 0 Å². The molecule has 3 aliphatic rings. The maximum absolute atomic E-state index is 12.9. The zero-order chi connectivity index (χ0) is 21.2. The van der Waals surface area contributed by atoms with Crippen LogP contribution in [0.2, 0.25) is 0 Å². The van der Waals surface area contributed by atoms with Crippen molar-refractivity contribution in [3.63, 3.8) is 0 Å². The van der Waals surface area contributed by atoms with Gasteiger partial charge in [0.05, 0.1) is 0 Å². The standard InChI is InChI=1S/C26H33N3O2.ClH/c30-25(29-14-5-8-21-6-2-4-10-24(21)29)13-17-27-15-11-20(12-16-27)18-28-19-22-7-1-3-9-23(22)26(28)31;/h1-4,6-7,9-10,20,26,31H,5,8,11-19H2;1H. The highest BCUT2D eigenvalue weighted by molar-refractivity contribution is 5.94. The number of rotatable bonds is 5. The van der Waals surface area contributed by atoms with Crippen LogP contribution in [-0.2, 0) is 17.8 Å². The monoisotopic (exact) mass is 455 g/mol. The summed E-state index contributed by atoms with van der Waals surface area (Å²) in [4.78, 5) is 19.6. The fourth-order valence-corrected chi connectivity index (χ4v) is 5.50. The summed E-state index contributed by atoms with van der Waals surface area (Å²) in [6.07, 6.45) is 4.55. The zero-order valence-electron chi connectivity index (χ0n) is 18.7. The number of fused-ring (bicyclic) bond motifs is 2. The highest BCUT2D eigenvalue weighted by Gasteiger charge is 2.31. The van der Waals surface area contributed by atoms with Gasteiger partial charge in [-0.1, -0.05) is 42.5 Å². The van der Waals surface area contributed by atoms with Gasteiger partial charge < -0.3 is 14.9 Å². The van der Waals surface area contributed by atoms with E-state index in [-0.39, 0.29) is 18.3 Å². The third-order valence-corrected chi connectivity index (χ3v) is 7.31. The highest BCUT2D eigenvalue weighted by Crippen LogP contribution is 2.33. The van der Waals surface area contributed by atoms with Crippen LogP contribution in [0.25, 0.3) is 0 Å². The van der Waals surface area contributed by atoms with Crippen molar-refractivity contribution in [1.29, 1.82) is 0 Å². The molecule has 1 unspecified atom stereocenters. The van der Waals surface area contributed by atoms with E-state index in [1.54, 1.807) is 0 Å². The summed E-state index contributed by atoms with van der Waals surface area (Å²) in [6.45, 7) is 5.59. The number of carbonyl (C=O) groups excluding carboxylic acids is 1. The summed E-state index contributed by atoms with van der Waals surface area (Å²) >= 11 is 0. The number of benzene rings is 2. The van der Waals surface area contributed by atoms with E-state index in [0.29, 0.717) is 12.3 Å². The predicted octanol–water partition coefficient (Wildman–Crippen LogP) is 4.00. The number of piperidine rings is 1. The maximum atomic E-state index is 12.9. The predicted molar refractivity (Wildman–Crippen MR) is 130 cm³/mol. The van der Waals surface area contributed by atoms with Gasteiger partial charge in [0.2, 0.25) is 5.91 Å². The normalized spacial score (nSPS) is 21.7. The Morgan fingerprint density at radius 2 is 1.69 bits per heavy atom. The number of amides is 1. The smallest absolute Gasteiger partial charge is 0.228 e. The number of halogens is 1. The topological polar surface area (TPSA) is 47.0 Å². The minimum atomic E-state index is -0.459. The number of carbonyl (C=O) groups is 1. The first-order valence-corrected chi connectivity index (χ1v) is 11.8. The van der Waals surface area contributed by atoms with Crippen molar-refractivity contribution in [2.45, 2.75) is 44.9 Å². The quantitative estimate of drug-likeness (QED) is 0.740. The van der Waals surface area contributed by atoms with E-state index in [4.69, 9.17) is 0 Å². The van der Waals surface area contributed by atoms with Gasteiger partial charge in [-0.3, -0.25) is 9.69 Å². The largest absolute Gasteiger partial charge is 0.374 e. The molecule has 3 aliphatic heterocycles. The summed E-state index contributed by atoms with van der Waals surface area (Å²) in [6, 6.07) is 16.6. The molecule has 0 aromatic heterocycles. The van der Waals surface area contributed by atoms with Gasteiger partial charge in [0, 0.05) is 38.3 Å². The molecule has 5 rings (SSSR count). The van der Waals surface area contributed by atoms with Gasteiger partial charge in [-0.25, -0.2) is 0 Å². The summed E-state index contributed by atoms with van der Waals surface area (Å²) < 4.78 is 0. The SMILES string of the molecule is Cl.O=C(CCN1CCC(CN2Cc3ccccc3C2O)CC1)N1CCCc2ccccc21. The molecule has 0 spiro atoms. The number of anilines is 1. The van der Waals surface area contributed by atoms with Crippen LogP contribution in [0, 0.1) is 5.92 Å². The van der Waals surface area contributed by atoms with Gasteiger partial charge in [-0.05, 0) is 67.4 Å². The Balaban J connectivity index is 0.00000245. The van der Waals surface area contributed by atoms with Crippen LogP contribution in [0.3, 0.4) is 0 Å². The molecule has 172 valence electrons. The Morgan fingerprint density at radius 3 is 2.47 bits per heavy atom. The van der Waals surface area contributed by atoms with Crippen LogP contribution >= 0.6 is 12.4 Å². The maximum Gasteiger partial charge on any atom is 0.228 e. The first-order valence-electron chi connectivity index (χ1n) is 11.8. The van der Waals surface area contributed by atoms with Crippen molar-refractivity contribution in [1.82, 2.24) is 9.80 Å². The van der Waals surface area contributed by atoms with Crippen LogP contribution in [0.4, 0.5) is 5.69 Å². The Bertz CT molecular complexity index is 929. The second-order valence-electron chi connectivity index (χ2n) is 9.31. The van der Waals surface area contributed by atoms with Gasteiger partial charge in [0.15, 0.2) is 0 Å². The summed E-state index contributed by atoms with van der Waals surface area (Å²) in [5.74, 6) is 0.872. The summed E-state index contributed by atoms with van der Waals surface area (Å²) in [7, 11) is 0. The molecule has 0 radical (unpaired) electrons. The number of hydrogen-bond acceptors (Lipinski definition) is 4. The Morgan fingerprint density at radius 1 is 0.969 bits per heavy atom. The molecule has 1 amide bonds. The lowest BCUT2D eigenvalue weighted by atomic mass is 9.96. The molecule has 5 nitrogen and oxygen atoms in total. The highest BCUT2D eigenvalue weighted by atomic mass is 35.5. The van der Waals surface area contributed by atoms with Crippen LogP contribution in [0.15, 0.2) is 48.5 Å². The molecule has 32 heavy (non-hydrogen) atoms. The van der Waals surface area contributed by atoms with Gasteiger partial charge >= 0.3 is 0 Å². The minimum absolute atomic E-state index is 0. The molecule has 3 heterocycles.